The molecule has 6 nitrogen and oxygen atoms in total. The van der Waals surface area contributed by atoms with Crippen LogP contribution in [-0.2, 0) is 18.6 Å². The Morgan fingerprint density at radius 1 is 0.587 bits per heavy atom. The summed E-state index contributed by atoms with van der Waals surface area (Å²) in [5.41, 5.74) is 3.53. The maximum atomic E-state index is 6.32. The van der Waals surface area contributed by atoms with Crippen molar-refractivity contribution in [1.29, 1.82) is 0 Å². The normalized spacial score (nSPS) is 20.1. The van der Waals surface area contributed by atoms with Crippen LogP contribution >= 0.6 is 0 Å². The van der Waals surface area contributed by atoms with Crippen molar-refractivity contribution in [2.45, 2.75) is 117 Å². The highest BCUT2D eigenvalue weighted by Crippen LogP contribution is 2.39. The highest BCUT2D eigenvalue weighted by molar-refractivity contribution is 6.62. The first-order valence-corrected chi connectivity index (χ1v) is 17.1. The van der Waals surface area contributed by atoms with Gasteiger partial charge in [0, 0.05) is 17.1 Å². The van der Waals surface area contributed by atoms with E-state index in [1.807, 2.05) is 0 Å². The van der Waals surface area contributed by atoms with Gasteiger partial charge in [-0.2, -0.15) is 0 Å². The van der Waals surface area contributed by atoms with Gasteiger partial charge in [-0.1, -0.05) is 57.4 Å². The summed E-state index contributed by atoms with van der Waals surface area (Å²) in [6, 6.07) is 25.3. The van der Waals surface area contributed by atoms with Crippen LogP contribution in [0.5, 0.6) is 5.75 Å². The quantitative estimate of drug-likeness (QED) is 0.189. The molecule has 0 aliphatic carbocycles. The van der Waals surface area contributed by atoms with Crippen LogP contribution in [0.2, 0.25) is 0 Å². The third-order valence-electron chi connectivity index (χ3n) is 10.5. The van der Waals surface area contributed by atoms with E-state index in [-0.39, 0.29) is 0 Å². The van der Waals surface area contributed by atoms with Crippen LogP contribution in [0.3, 0.4) is 0 Å². The van der Waals surface area contributed by atoms with Gasteiger partial charge in [-0.15, -0.1) is 0 Å². The molecule has 5 rings (SSSR count). The smallest absolute Gasteiger partial charge is 0.493 e. The Bertz CT molecular complexity index is 1330. The highest BCUT2D eigenvalue weighted by Gasteiger charge is 2.52. The van der Waals surface area contributed by atoms with Crippen molar-refractivity contribution in [3.8, 4) is 5.75 Å². The maximum absolute atomic E-state index is 6.32. The van der Waals surface area contributed by atoms with Crippen LogP contribution in [0.15, 0.2) is 72.8 Å². The molecule has 1 atom stereocenters. The zero-order valence-electron chi connectivity index (χ0n) is 29.7. The molecule has 0 spiro atoms. The average molecular weight is 625 g/mol. The predicted molar refractivity (Wildman–Crippen MR) is 191 cm³/mol. The number of ether oxygens (including phenoxy) is 1. The first-order chi connectivity index (χ1) is 21.7. The third kappa shape index (κ3) is 7.21. The van der Waals surface area contributed by atoms with E-state index in [9.17, 15) is 0 Å². The summed E-state index contributed by atoms with van der Waals surface area (Å²) >= 11 is 0. The van der Waals surface area contributed by atoms with Crippen molar-refractivity contribution in [1.82, 2.24) is 0 Å². The lowest BCUT2D eigenvalue weighted by atomic mass is 9.79. The van der Waals surface area contributed by atoms with Crippen LogP contribution in [0.4, 0.5) is 17.1 Å². The minimum absolute atomic E-state index is 0.391. The fraction of sp³-hybridized carbons (Fsp3) is 0.526. The summed E-state index contributed by atoms with van der Waals surface area (Å²) < 4.78 is 31.5. The molecule has 0 aromatic heterocycles. The lowest BCUT2D eigenvalue weighted by molar-refractivity contribution is 0.00578. The number of unbranched alkanes of at least 4 members (excludes halogenated alkanes) is 1. The van der Waals surface area contributed by atoms with Crippen molar-refractivity contribution in [2.75, 3.05) is 11.5 Å². The van der Waals surface area contributed by atoms with Gasteiger partial charge < -0.3 is 28.3 Å². The van der Waals surface area contributed by atoms with Crippen LogP contribution in [0, 0.1) is 5.92 Å². The monoisotopic (exact) mass is 625 g/mol. The zero-order chi connectivity index (χ0) is 33.3. The van der Waals surface area contributed by atoms with Gasteiger partial charge in [-0.3, -0.25) is 0 Å². The van der Waals surface area contributed by atoms with Gasteiger partial charge in [0.15, 0.2) is 0 Å². The molecular formula is C38H53B2NO5. The molecule has 3 aromatic rings. The number of hydrogen-bond acceptors (Lipinski definition) is 6. The molecule has 2 saturated heterocycles. The van der Waals surface area contributed by atoms with Crippen LogP contribution in [-0.4, -0.2) is 43.2 Å². The Hall–Kier alpha value is -2.77. The van der Waals surface area contributed by atoms with Gasteiger partial charge in [0.2, 0.25) is 0 Å². The number of anilines is 3. The molecule has 0 bridgehead atoms. The molecule has 1 unspecified atom stereocenters. The van der Waals surface area contributed by atoms with Gasteiger partial charge in [-0.05, 0) is 127 Å². The summed E-state index contributed by atoms with van der Waals surface area (Å²) in [6.45, 7) is 21.9. The second-order valence-corrected chi connectivity index (χ2v) is 14.9. The van der Waals surface area contributed by atoms with E-state index >= 15 is 0 Å². The fourth-order valence-electron chi connectivity index (χ4n) is 5.77. The minimum Gasteiger partial charge on any atom is -0.493 e. The van der Waals surface area contributed by atoms with Gasteiger partial charge >= 0.3 is 14.2 Å². The average Bonchev–Trinajstić information content (AvgIpc) is 3.38. The number of hydrogen-bond donors (Lipinski definition) is 0. The van der Waals surface area contributed by atoms with E-state index < -0.39 is 36.6 Å². The zero-order valence-corrected chi connectivity index (χ0v) is 29.7. The molecular weight excluding hydrogens is 572 g/mol. The van der Waals surface area contributed by atoms with Gasteiger partial charge in [0.25, 0.3) is 0 Å². The molecule has 8 heteroatoms. The Balaban J connectivity index is 1.41. The SMILES string of the molecule is CCCCC(CC)COc1ccc(N(c2ccc(B3OC(C)(C)C(C)(C)O3)cc2)c2ccc(B3OC(C)(C)C(C)(C)O3)cc2)cc1. The van der Waals surface area contributed by atoms with Gasteiger partial charge in [0.05, 0.1) is 29.0 Å². The van der Waals surface area contributed by atoms with E-state index in [0.29, 0.717) is 5.92 Å². The van der Waals surface area contributed by atoms with Crippen molar-refractivity contribution < 1.29 is 23.4 Å². The molecule has 0 radical (unpaired) electrons. The Morgan fingerprint density at radius 3 is 1.30 bits per heavy atom. The number of rotatable bonds is 12. The lowest BCUT2D eigenvalue weighted by Crippen LogP contribution is -2.41. The molecule has 0 saturated carbocycles. The molecule has 3 aromatic carbocycles. The largest absolute Gasteiger partial charge is 0.494 e. The Labute approximate surface area is 278 Å². The van der Waals surface area contributed by atoms with Crippen molar-refractivity contribution >= 4 is 42.2 Å². The van der Waals surface area contributed by atoms with Crippen molar-refractivity contribution in [3.63, 3.8) is 0 Å². The predicted octanol–water partition coefficient (Wildman–Crippen LogP) is 8.35. The van der Waals surface area contributed by atoms with Gasteiger partial charge in [0.1, 0.15) is 5.75 Å². The minimum atomic E-state index is -0.410. The topological polar surface area (TPSA) is 49.4 Å². The van der Waals surface area contributed by atoms with E-state index in [4.69, 9.17) is 23.4 Å². The maximum Gasteiger partial charge on any atom is 0.494 e. The first-order valence-electron chi connectivity index (χ1n) is 17.1. The standard InChI is InChI=1S/C38H53B2NO5/c1-11-13-14-28(12-2)27-42-34-25-23-33(24-26-34)41(31-19-15-29(16-20-31)39-43-35(3,4)36(5,6)44-39)32-21-17-30(18-22-32)40-45-37(7,8)38(9,10)46-40/h15-26,28H,11-14,27H2,1-10H3. The van der Waals surface area contributed by atoms with Crippen molar-refractivity contribution in [3.05, 3.63) is 72.8 Å². The highest BCUT2D eigenvalue weighted by atomic mass is 16.7. The molecule has 0 N–H and O–H groups in total. The molecule has 246 valence electrons. The lowest BCUT2D eigenvalue weighted by Gasteiger charge is -2.32. The third-order valence-corrected chi connectivity index (χ3v) is 10.5. The van der Waals surface area contributed by atoms with Gasteiger partial charge in [-0.25, -0.2) is 0 Å². The molecule has 2 aliphatic rings. The Kier molecular flexibility index (Phi) is 10.1. The molecule has 2 aliphatic heterocycles. The second kappa shape index (κ2) is 13.4. The Morgan fingerprint density at radius 2 is 0.957 bits per heavy atom. The number of benzene rings is 3. The second-order valence-electron chi connectivity index (χ2n) is 14.9. The van der Waals surface area contributed by atoms with Crippen LogP contribution in [0.25, 0.3) is 0 Å². The van der Waals surface area contributed by atoms with E-state index in [0.717, 1.165) is 46.8 Å². The van der Waals surface area contributed by atoms with Crippen molar-refractivity contribution in [2.24, 2.45) is 5.92 Å². The van der Waals surface area contributed by atoms with E-state index in [1.165, 1.54) is 19.3 Å². The molecule has 2 fully saturated rings. The molecule has 2 heterocycles. The number of nitrogens with zero attached hydrogens (tertiary/aromatic N) is 1. The summed E-state index contributed by atoms with van der Waals surface area (Å²) in [6.07, 6.45) is 4.81. The fourth-order valence-corrected chi connectivity index (χ4v) is 5.77. The van der Waals surface area contributed by atoms with E-state index in [2.05, 4.69) is 147 Å². The van der Waals surface area contributed by atoms with Crippen LogP contribution in [0.1, 0.15) is 94.9 Å². The summed E-state index contributed by atoms with van der Waals surface area (Å²) in [5.74, 6) is 1.48. The summed E-state index contributed by atoms with van der Waals surface area (Å²) in [4.78, 5) is 2.25. The molecule has 46 heavy (non-hydrogen) atoms. The first kappa shape index (κ1) is 34.6. The molecule has 0 amide bonds. The summed E-state index contributed by atoms with van der Waals surface area (Å²) in [7, 11) is -0.820. The van der Waals surface area contributed by atoms with E-state index in [1.54, 1.807) is 0 Å². The van der Waals surface area contributed by atoms with Crippen LogP contribution < -0.4 is 20.6 Å². The summed E-state index contributed by atoms with van der Waals surface area (Å²) in [5, 5.41) is 0.